The molecule has 1 saturated heterocycles. The van der Waals surface area contributed by atoms with Crippen LogP contribution < -0.4 is 10.6 Å². The summed E-state index contributed by atoms with van der Waals surface area (Å²) < 4.78 is 11.4. The Morgan fingerprint density at radius 1 is 1.14 bits per heavy atom. The highest BCUT2D eigenvalue weighted by Gasteiger charge is 2.25. The molecule has 1 unspecified atom stereocenters. The number of hydrogen-bond acceptors (Lipinski definition) is 4. The van der Waals surface area contributed by atoms with Gasteiger partial charge in [0.1, 0.15) is 5.76 Å². The molecule has 0 spiro atoms. The molecule has 1 atom stereocenters. The zero-order valence-corrected chi connectivity index (χ0v) is 19.5. The number of guanidine groups is 1. The zero-order chi connectivity index (χ0) is 19.4. The van der Waals surface area contributed by atoms with Crippen LogP contribution in [0.2, 0.25) is 0 Å². The van der Waals surface area contributed by atoms with Gasteiger partial charge in [0.05, 0.1) is 32.1 Å². The van der Waals surface area contributed by atoms with E-state index in [0.29, 0.717) is 26.3 Å². The topological polar surface area (TPSA) is 62.0 Å². The van der Waals surface area contributed by atoms with Gasteiger partial charge in [0.2, 0.25) is 0 Å². The number of nitrogens with zero attached hydrogens (tertiary/aromatic N) is 2. The lowest BCUT2D eigenvalue weighted by atomic mass is 10.2. The van der Waals surface area contributed by atoms with Crippen LogP contribution in [0.15, 0.2) is 58.1 Å². The Hall–Kier alpha value is -1.58. The third kappa shape index (κ3) is 7.98. The first kappa shape index (κ1) is 23.7. The van der Waals surface area contributed by atoms with E-state index in [-0.39, 0.29) is 30.0 Å². The first-order valence-corrected chi connectivity index (χ1v) is 10.3. The molecular formula is C22H33IN4O2. The summed E-state index contributed by atoms with van der Waals surface area (Å²) in [6, 6.07) is 14.4. The van der Waals surface area contributed by atoms with E-state index >= 15 is 0 Å². The molecule has 2 aromatic rings. The zero-order valence-electron chi connectivity index (χ0n) is 17.2. The Bertz CT molecular complexity index is 688. The summed E-state index contributed by atoms with van der Waals surface area (Å²) in [5.74, 6) is 1.81. The lowest BCUT2D eigenvalue weighted by Crippen LogP contribution is -2.39. The molecular weight excluding hydrogens is 479 g/mol. The maximum Gasteiger partial charge on any atom is 0.191 e. The van der Waals surface area contributed by atoms with Gasteiger partial charge in [0.15, 0.2) is 5.96 Å². The number of rotatable bonds is 10. The lowest BCUT2D eigenvalue weighted by molar-refractivity contribution is 0.125. The monoisotopic (exact) mass is 512 g/mol. The molecule has 29 heavy (non-hydrogen) atoms. The minimum atomic E-state index is 0. The number of furan rings is 1. The highest BCUT2D eigenvalue weighted by Crippen LogP contribution is 2.25. The van der Waals surface area contributed by atoms with Crippen molar-refractivity contribution in [2.24, 2.45) is 4.99 Å². The van der Waals surface area contributed by atoms with Crippen LogP contribution in [0.3, 0.4) is 0 Å². The molecule has 1 fully saturated rings. The fraction of sp³-hybridized carbons (Fsp3) is 0.500. The van der Waals surface area contributed by atoms with Crippen LogP contribution >= 0.6 is 24.0 Å². The van der Waals surface area contributed by atoms with E-state index in [0.717, 1.165) is 31.4 Å². The quantitative estimate of drug-likeness (QED) is 0.220. The summed E-state index contributed by atoms with van der Waals surface area (Å²) in [6.45, 7) is 7.77. The fourth-order valence-electron chi connectivity index (χ4n) is 3.44. The highest BCUT2D eigenvalue weighted by atomic mass is 127. The third-order valence-corrected chi connectivity index (χ3v) is 4.87. The molecule has 160 valence electrons. The van der Waals surface area contributed by atoms with Crippen LogP contribution in [0.1, 0.15) is 37.1 Å². The second kappa shape index (κ2) is 13.6. The standard InChI is InChI=1S/C22H32N4O2.HI/c1-2-23-22(24-12-16-27-18-19-9-4-3-5-10-19)25-17-20(21-11-8-15-28-21)26-13-6-7-14-26;/h3-5,8-11,15,20H,2,6-7,12-14,16-18H2,1H3,(H2,23,24,25);1H. The van der Waals surface area contributed by atoms with E-state index in [1.54, 1.807) is 6.26 Å². The number of aliphatic imine (C=N–C) groups is 1. The van der Waals surface area contributed by atoms with Gasteiger partial charge < -0.3 is 19.8 Å². The number of nitrogens with one attached hydrogen (secondary N) is 2. The Morgan fingerprint density at radius 2 is 1.93 bits per heavy atom. The molecule has 2 heterocycles. The summed E-state index contributed by atoms with van der Waals surface area (Å²) >= 11 is 0. The van der Waals surface area contributed by atoms with Gasteiger partial charge in [-0.3, -0.25) is 9.89 Å². The summed E-state index contributed by atoms with van der Waals surface area (Å²) in [4.78, 5) is 7.27. The number of hydrogen-bond donors (Lipinski definition) is 2. The van der Waals surface area contributed by atoms with E-state index in [4.69, 9.17) is 14.1 Å². The molecule has 1 aromatic carbocycles. The molecule has 1 aromatic heterocycles. The highest BCUT2D eigenvalue weighted by molar-refractivity contribution is 14.0. The molecule has 2 N–H and O–H groups in total. The van der Waals surface area contributed by atoms with Crippen molar-refractivity contribution < 1.29 is 9.15 Å². The second-order valence-electron chi connectivity index (χ2n) is 6.96. The molecule has 1 aliphatic heterocycles. The third-order valence-electron chi connectivity index (χ3n) is 4.87. The summed E-state index contributed by atoms with van der Waals surface area (Å²) in [6.07, 6.45) is 4.24. The molecule has 7 heteroatoms. The van der Waals surface area contributed by atoms with E-state index in [1.807, 2.05) is 24.3 Å². The Balaban J connectivity index is 0.00000300. The van der Waals surface area contributed by atoms with E-state index in [2.05, 4.69) is 40.7 Å². The lowest BCUT2D eigenvalue weighted by Gasteiger charge is -2.24. The molecule has 3 rings (SSSR count). The number of halogens is 1. The molecule has 0 radical (unpaired) electrons. The molecule has 0 aliphatic carbocycles. The van der Waals surface area contributed by atoms with Gasteiger partial charge in [0.25, 0.3) is 0 Å². The van der Waals surface area contributed by atoms with Crippen molar-refractivity contribution in [2.45, 2.75) is 32.4 Å². The van der Waals surface area contributed by atoms with E-state index in [1.165, 1.54) is 18.4 Å². The second-order valence-corrected chi connectivity index (χ2v) is 6.96. The fourth-order valence-corrected chi connectivity index (χ4v) is 3.44. The average Bonchev–Trinajstić information content (AvgIpc) is 3.43. The normalized spacial score (nSPS) is 15.7. The predicted octanol–water partition coefficient (Wildman–Crippen LogP) is 3.81. The molecule has 0 amide bonds. The SMILES string of the molecule is CCNC(=NCC(c1ccco1)N1CCCC1)NCCOCc1ccccc1.I. The van der Waals surface area contributed by atoms with Crippen molar-refractivity contribution in [3.63, 3.8) is 0 Å². The van der Waals surface area contributed by atoms with Crippen molar-refractivity contribution in [2.75, 3.05) is 39.3 Å². The smallest absolute Gasteiger partial charge is 0.191 e. The van der Waals surface area contributed by atoms with E-state index < -0.39 is 0 Å². The minimum absolute atomic E-state index is 0. The van der Waals surface area contributed by atoms with Crippen LogP contribution in [0.4, 0.5) is 0 Å². The van der Waals surface area contributed by atoms with Crippen LogP contribution in [-0.4, -0.2) is 50.2 Å². The van der Waals surface area contributed by atoms with Crippen molar-refractivity contribution >= 4 is 29.9 Å². The van der Waals surface area contributed by atoms with Crippen LogP contribution in [-0.2, 0) is 11.3 Å². The van der Waals surface area contributed by atoms with Gasteiger partial charge >= 0.3 is 0 Å². The van der Waals surface area contributed by atoms with Gasteiger partial charge in [-0.15, -0.1) is 24.0 Å². The summed E-state index contributed by atoms with van der Waals surface area (Å²) in [7, 11) is 0. The Kier molecular flexibility index (Phi) is 11.1. The average molecular weight is 512 g/mol. The van der Waals surface area contributed by atoms with E-state index in [9.17, 15) is 0 Å². The minimum Gasteiger partial charge on any atom is -0.468 e. The predicted molar refractivity (Wildman–Crippen MR) is 128 cm³/mol. The molecule has 6 nitrogen and oxygen atoms in total. The number of ether oxygens (including phenoxy) is 1. The van der Waals surface area contributed by atoms with Gasteiger partial charge in [-0.25, -0.2) is 0 Å². The van der Waals surface area contributed by atoms with Crippen molar-refractivity contribution in [1.82, 2.24) is 15.5 Å². The number of likely N-dealkylation sites (tertiary alicyclic amines) is 1. The van der Waals surface area contributed by atoms with Crippen molar-refractivity contribution in [1.29, 1.82) is 0 Å². The van der Waals surface area contributed by atoms with Crippen molar-refractivity contribution in [3.8, 4) is 0 Å². The molecule has 1 aliphatic rings. The van der Waals surface area contributed by atoms with Crippen LogP contribution in [0.25, 0.3) is 0 Å². The Morgan fingerprint density at radius 3 is 2.62 bits per heavy atom. The van der Waals surface area contributed by atoms with Gasteiger partial charge in [0, 0.05) is 13.1 Å². The van der Waals surface area contributed by atoms with Crippen molar-refractivity contribution in [3.05, 3.63) is 60.1 Å². The summed E-state index contributed by atoms with van der Waals surface area (Å²) in [5.41, 5.74) is 1.19. The Labute approximate surface area is 191 Å². The number of benzene rings is 1. The maximum atomic E-state index is 5.75. The van der Waals surface area contributed by atoms with Gasteiger partial charge in [-0.1, -0.05) is 30.3 Å². The van der Waals surface area contributed by atoms with Gasteiger partial charge in [-0.05, 0) is 50.6 Å². The van der Waals surface area contributed by atoms with Crippen LogP contribution in [0, 0.1) is 0 Å². The van der Waals surface area contributed by atoms with Crippen LogP contribution in [0.5, 0.6) is 0 Å². The molecule has 0 saturated carbocycles. The first-order chi connectivity index (χ1) is 13.9. The van der Waals surface area contributed by atoms with Gasteiger partial charge in [-0.2, -0.15) is 0 Å². The first-order valence-electron chi connectivity index (χ1n) is 10.3. The molecule has 0 bridgehead atoms. The maximum absolute atomic E-state index is 5.75. The summed E-state index contributed by atoms with van der Waals surface area (Å²) in [5, 5.41) is 6.68. The largest absolute Gasteiger partial charge is 0.468 e.